The molecule has 0 radical (unpaired) electrons. The fourth-order valence-corrected chi connectivity index (χ4v) is 3.76. The lowest BCUT2D eigenvalue weighted by atomic mass is 10.2. The molecule has 0 aliphatic heterocycles. The van der Waals surface area contributed by atoms with Gasteiger partial charge in [-0.15, -0.1) is 11.3 Å². The van der Waals surface area contributed by atoms with E-state index in [0.29, 0.717) is 31.2 Å². The summed E-state index contributed by atoms with van der Waals surface area (Å²) in [6.07, 6.45) is 0. The highest BCUT2D eigenvalue weighted by Gasteiger charge is 2.17. The summed E-state index contributed by atoms with van der Waals surface area (Å²) in [5.41, 5.74) is 1.02. The van der Waals surface area contributed by atoms with Crippen LogP contribution >= 0.6 is 11.3 Å². The molecule has 2 aromatic carbocycles. The van der Waals surface area contributed by atoms with E-state index in [0.717, 1.165) is 10.4 Å². The molecule has 0 saturated carbocycles. The number of carbonyl (C=O) groups excluding carboxylic acids is 1. The normalized spacial score (nSPS) is 10.7. The van der Waals surface area contributed by atoms with Crippen LogP contribution in [0.15, 0.2) is 60.0 Å². The molecule has 3 aromatic rings. The highest BCUT2D eigenvalue weighted by atomic mass is 32.1. The second-order valence-corrected chi connectivity index (χ2v) is 8.01. The Kier molecular flexibility index (Phi) is 8.18. The van der Waals surface area contributed by atoms with Crippen molar-refractivity contribution in [3.05, 3.63) is 80.5 Å². The first-order valence-electron chi connectivity index (χ1n) is 10.1. The van der Waals surface area contributed by atoms with Crippen LogP contribution in [0.3, 0.4) is 0 Å². The van der Waals surface area contributed by atoms with Gasteiger partial charge in [-0.25, -0.2) is 0 Å². The number of methoxy groups -OCH3 is 1. The molecule has 32 heavy (non-hydrogen) atoms. The molecule has 3 rings (SSSR count). The molecule has 0 spiro atoms. The van der Waals surface area contributed by atoms with Crippen molar-refractivity contribution in [1.82, 2.24) is 4.90 Å². The van der Waals surface area contributed by atoms with Crippen molar-refractivity contribution in [2.75, 3.05) is 25.5 Å². The molecular weight excluding hydrogens is 430 g/mol. The van der Waals surface area contributed by atoms with Gasteiger partial charge in [-0.05, 0) is 41.8 Å². The van der Waals surface area contributed by atoms with Crippen LogP contribution in [-0.2, 0) is 17.9 Å². The van der Waals surface area contributed by atoms with Crippen LogP contribution in [0, 0.1) is 10.1 Å². The van der Waals surface area contributed by atoms with Gasteiger partial charge in [-0.3, -0.25) is 19.8 Å². The maximum Gasteiger partial charge on any atom is 0.292 e. The first-order chi connectivity index (χ1) is 15.5. The number of likely N-dealkylation sites (N-methyl/N-ethyl adjacent to an activating group) is 1. The molecular formula is C23H25N3O5S. The van der Waals surface area contributed by atoms with Gasteiger partial charge < -0.3 is 14.8 Å². The number of nitrogens with zero attached hydrogens (tertiary/aromatic N) is 2. The molecule has 0 aliphatic rings. The number of hydrogen-bond donors (Lipinski definition) is 1. The van der Waals surface area contributed by atoms with Gasteiger partial charge in [0.2, 0.25) is 5.91 Å². The number of hydrogen-bond acceptors (Lipinski definition) is 7. The Morgan fingerprint density at radius 3 is 2.66 bits per heavy atom. The fourth-order valence-electron chi connectivity index (χ4n) is 3.14. The SMILES string of the molecule is CCN(CC(=O)Nc1ccccc1[N+](=O)[O-])Cc1ccc(OCc2cccs2)c(OC)c1. The number of ether oxygens (including phenoxy) is 2. The predicted octanol–water partition coefficient (Wildman–Crippen LogP) is 4.70. The van der Waals surface area contributed by atoms with Gasteiger partial charge in [0.1, 0.15) is 12.3 Å². The van der Waals surface area contributed by atoms with Crippen LogP contribution in [0.5, 0.6) is 11.5 Å². The number of nitro benzene ring substituents is 1. The van der Waals surface area contributed by atoms with Crippen molar-refractivity contribution in [3.8, 4) is 11.5 Å². The largest absolute Gasteiger partial charge is 0.493 e. The number of nitrogens with one attached hydrogen (secondary N) is 1. The van der Waals surface area contributed by atoms with Crippen molar-refractivity contribution in [1.29, 1.82) is 0 Å². The quantitative estimate of drug-likeness (QED) is 0.333. The lowest BCUT2D eigenvalue weighted by Gasteiger charge is -2.21. The van der Waals surface area contributed by atoms with Crippen LogP contribution in [0.2, 0.25) is 0 Å². The third-order valence-corrected chi connectivity index (χ3v) is 5.62. The molecule has 0 unspecified atom stereocenters. The predicted molar refractivity (Wildman–Crippen MR) is 124 cm³/mol. The van der Waals surface area contributed by atoms with E-state index in [-0.39, 0.29) is 23.8 Å². The summed E-state index contributed by atoms with van der Waals surface area (Å²) in [6.45, 7) is 3.67. The number of anilines is 1. The number of amides is 1. The molecule has 0 atom stereocenters. The molecule has 0 aliphatic carbocycles. The van der Waals surface area contributed by atoms with Crippen LogP contribution in [0.4, 0.5) is 11.4 Å². The van der Waals surface area contributed by atoms with Gasteiger partial charge in [0.05, 0.1) is 18.6 Å². The lowest BCUT2D eigenvalue weighted by Crippen LogP contribution is -2.32. The van der Waals surface area contributed by atoms with Crippen LogP contribution < -0.4 is 14.8 Å². The molecule has 9 heteroatoms. The Bertz CT molecular complexity index is 1060. The maximum absolute atomic E-state index is 12.5. The zero-order valence-electron chi connectivity index (χ0n) is 17.9. The van der Waals surface area contributed by atoms with Gasteiger partial charge in [-0.1, -0.05) is 31.2 Å². The lowest BCUT2D eigenvalue weighted by molar-refractivity contribution is -0.383. The molecule has 1 aromatic heterocycles. The number of nitro groups is 1. The average molecular weight is 456 g/mol. The van der Waals surface area contributed by atoms with Gasteiger partial charge in [-0.2, -0.15) is 0 Å². The molecule has 168 valence electrons. The maximum atomic E-state index is 12.5. The Balaban J connectivity index is 1.62. The number of para-hydroxylation sites is 2. The first-order valence-corrected chi connectivity index (χ1v) is 11.0. The van der Waals surface area contributed by atoms with Crippen LogP contribution in [0.25, 0.3) is 0 Å². The second kappa shape index (κ2) is 11.3. The number of carbonyl (C=O) groups is 1. The van der Waals surface area contributed by atoms with E-state index in [1.165, 1.54) is 12.1 Å². The Hall–Kier alpha value is -3.43. The summed E-state index contributed by atoms with van der Waals surface area (Å²) >= 11 is 1.63. The van der Waals surface area contributed by atoms with E-state index in [9.17, 15) is 14.9 Å². The molecule has 1 heterocycles. The van der Waals surface area contributed by atoms with E-state index in [1.807, 2.05) is 47.5 Å². The van der Waals surface area contributed by atoms with Crippen molar-refractivity contribution < 1.29 is 19.2 Å². The van der Waals surface area contributed by atoms with E-state index in [4.69, 9.17) is 9.47 Å². The molecule has 0 fully saturated rings. The molecule has 1 amide bonds. The summed E-state index contributed by atoms with van der Waals surface area (Å²) in [6, 6.07) is 15.8. The van der Waals surface area contributed by atoms with Gasteiger partial charge >= 0.3 is 0 Å². The number of thiophene rings is 1. The summed E-state index contributed by atoms with van der Waals surface area (Å²) in [5.74, 6) is 0.963. The fraction of sp³-hybridized carbons (Fsp3) is 0.261. The smallest absolute Gasteiger partial charge is 0.292 e. The Morgan fingerprint density at radius 1 is 1.16 bits per heavy atom. The number of benzene rings is 2. The highest BCUT2D eigenvalue weighted by molar-refractivity contribution is 7.09. The minimum atomic E-state index is -0.512. The standard InChI is InChI=1S/C23H25N3O5S/c1-3-25(15-23(27)24-19-8-4-5-9-20(19)26(28)29)14-17-10-11-21(22(13-17)30-2)31-16-18-7-6-12-32-18/h4-13H,3,14-16H2,1-2H3,(H,24,27). The minimum Gasteiger partial charge on any atom is -0.493 e. The Labute approximate surface area is 190 Å². The zero-order valence-corrected chi connectivity index (χ0v) is 18.8. The van der Waals surface area contributed by atoms with Gasteiger partial charge in [0, 0.05) is 17.5 Å². The van der Waals surface area contributed by atoms with Crippen molar-refractivity contribution in [2.24, 2.45) is 0 Å². The summed E-state index contributed by atoms with van der Waals surface area (Å²) in [7, 11) is 1.59. The van der Waals surface area contributed by atoms with E-state index in [1.54, 1.807) is 30.6 Å². The van der Waals surface area contributed by atoms with E-state index in [2.05, 4.69) is 5.32 Å². The van der Waals surface area contributed by atoms with Crippen molar-refractivity contribution >= 4 is 28.6 Å². The highest BCUT2D eigenvalue weighted by Crippen LogP contribution is 2.30. The third kappa shape index (κ3) is 6.29. The first kappa shape index (κ1) is 23.2. The summed E-state index contributed by atoms with van der Waals surface area (Å²) in [5, 5.41) is 15.8. The summed E-state index contributed by atoms with van der Waals surface area (Å²) in [4.78, 5) is 26.2. The summed E-state index contributed by atoms with van der Waals surface area (Å²) < 4.78 is 11.4. The molecule has 8 nitrogen and oxygen atoms in total. The van der Waals surface area contributed by atoms with Gasteiger partial charge in [0.15, 0.2) is 11.5 Å². The monoisotopic (exact) mass is 455 g/mol. The van der Waals surface area contributed by atoms with Crippen LogP contribution in [0.1, 0.15) is 17.4 Å². The number of rotatable bonds is 11. The molecule has 0 saturated heterocycles. The van der Waals surface area contributed by atoms with Gasteiger partial charge in [0.25, 0.3) is 5.69 Å². The average Bonchev–Trinajstić information content (AvgIpc) is 3.31. The van der Waals surface area contributed by atoms with Crippen molar-refractivity contribution in [2.45, 2.75) is 20.1 Å². The Morgan fingerprint density at radius 2 is 1.97 bits per heavy atom. The van der Waals surface area contributed by atoms with Crippen molar-refractivity contribution in [3.63, 3.8) is 0 Å². The molecule has 1 N–H and O–H groups in total. The van der Waals surface area contributed by atoms with E-state index < -0.39 is 4.92 Å². The minimum absolute atomic E-state index is 0.0987. The third-order valence-electron chi connectivity index (χ3n) is 4.77. The topological polar surface area (TPSA) is 93.9 Å². The van der Waals surface area contributed by atoms with Crippen LogP contribution in [-0.4, -0.2) is 35.9 Å². The molecule has 0 bridgehead atoms. The zero-order chi connectivity index (χ0) is 22.9. The second-order valence-electron chi connectivity index (χ2n) is 6.98. The van der Waals surface area contributed by atoms with E-state index >= 15 is 0 Å².